The predicted molar refractivity (Wildman–Crippen MR) is 90.4 cm³/mol. The normalized spacial score (nSPS) is 13.1. The molecule has 0 unspecified atom stereocenters. The van der Waals surface area contributed by atoms with E-state index >= 15 is 0 Å². The van der Waals surface area contributed by atoms with Gasteiger partial charge in [0.15, 0.2) is 11.5 Å². The topological polar surface area (TPSA) is 73.6 Å². The second-order valence-electron chi connectivity index (χ2n) is 6.29. The van der Waals surface area contributed by atoms with Crippen molar-refractivity contribution in [1.82, 2.24) is 5.32 Å². The fourth-order valence-electron chi connectivity index (χ4n) is 2.69. The van der Waals surface area contributed by atoms with E-state index < -0.39 is 0 Å². The number of non-ortho nitro benzene ring substituents is 1. The van der Waals surface area contributed by atoms with E-state index in [9.17, 15) is 10.1 Å². The van der Waals surface area contributed by atoms with Crippen molar-refractivity contribution in [2.75, 3.05) is 13.3 Å². The summed E-state index contributed by atoms with van der Waals surface area (Å²) in [5.41, 5.74) is 2.08. The number of ether oxygens (including phenoxy) is 2. The lowest BCUT2D eigenvalue weighted by molar-refractivity contribution is -0.384. The van der Waals surface area contributed by atoms with Crippen molar-refractivity contribution in [2.24, 2.45) is 0 Å². The van der Waals surface area contributed by atoms with Crippen LogP contribution >= 0.6 is 0 Å². The van der Waals surface area contributed by atoms with E-state index in [2.05, 4.69) is 19.2 Å². The highest BCUT2D eigenvalue weighted by molar-refractivity contribution is 5.46. The third kappa shape index (κ3) is 3.49. The van der Waals surface area contributed by atoms with Gasteiger partial charge in [-0.3, -0.25) is 10.1 Å². The van der Waals surface area contributed by atoms with Crippen molar-refractivity contribution in [1.29, 1.82) is 0 Å². The van der Waals surface area contributed by atoms with Crippen LogP contribution in [0.3, 0.4) is 0 Å². The summed E-state index contributed by atoms with van der Waals surface area (Å²) in [7, 11) is 0. The number of hydrogen-bond acceptors (Lipinski definition) is 5. The molecule has 1 heterocycles. The Bertz CT molecular complexity index is 741. The molecule has 1 aliphatic rings. The maximum Gasteiger partial charge on any atom is 0.269 e. The summed E-state index contributed by atoms with van der Waals surface area (Å²) >= 11 is 0. The van der Waals surface area contributed by atoms with E-state index in [0.717, 1.165) is 35.6 Å². The number of benzene rings is 2. The van der Waals surface area contributed by atoms with Crippen molar-refractivity contribution < 1.29 is 14.4 Å². The van der Waals surface area contributed by atoms with Gasteiger partial charge in [-0.1, -0.05) is 18.2 Å². The predicted octanol–water partition coefficient (Wildman–Crippen LogP) is 3.39. The zero-order valence-electron chi connectivity index (χ0n) is 13.7. The molecule has 0 aromatic heterocycles. The third-order valence-corrected chi connectivity index (χ3v) is 4.22. The molecule has 126 valence electrons. The van der Waals surface area contributed by atoms with Crippen LogP contribution in [0.4, 0.5) is 5.69 Å². The fraction of sp³-hybridized carbons (Fsp3) is 0.333. The molecule has 6 nitrogen and oxygen atoms in total. The molecule has 0 saturated carbocycles. The Kier molecular flexibility index (Phi) is 4.40. The summed E-state index contributed by atoms with van der Waals surface area (Å²) in [6.45, 7) is 5.26. The lowest BCUT2D eigenvalue weighted by Gasteiger charge is -2.27. The lowest BCUT2D eigenvalue weighted by atomic mass is 9.93. The molecule has 0 saturated heterocycles. The molecule has 0 radical (unpaired) electrons. The molecule has 2 aromatic carbocycles. The Morgan fingerprint density at radius 1 is 1.12 bits per heavy atom. The Hall–Kier alpha value is -2.60. The summed E-state index contributed by atoms with van der Waals surface area (Å²) < 4.78 is 10.8. The number of hydrogen-bond donors (Lipinski definition) is 1. The van der Waals surface area contributed by atoms with Gasteiger partial charge in [0.05, 0.1) is 4.92 Å². The van der Waals surface area contributed by atoms with Crippen molar-refractivity contribution in [3.05, 3.63) is 63.7 Å². The van der Waals surface area contributed by atoms with Gasteiger partial charge in [0.1, 0.15) is 0 Å². The minimum absolute atomic E-state index is 0.118. The fourth-order valence-corrected chi connectivity index (χ4v) is 2.69. The minimum Gasteiger partial charge on any atom is -0.454 e. The maximum absolute atomic E-state index is 10.7. The highest BCUT2D eigenvalue weighted by atomic mass is 16.7. The number of nitrogens with one attached hydrogen (secondary N) is 1. The number of nitro groups is 1. The summed E-state index contributed by atoms with van der Waals surface area (Å²) in [5, 5.41) is 14.2. The first-order chi connectivity index (χ1) is 11.5. The van der Waals surface area contributed by atoms with Crippen LogP contribution in [0.25, 0.3) is 0 Å². The highest BCUT2D eigenvalue weighted by Crippen LogP contribution is 2.35. The van der Waals surface area contributed by atoms with Crippen LogP contribution in [0.5, 0.6) is 11.5 Å². The molecule has 6 heteroatoms. The van der Waals surface area contributed by atoms with E-state index in [0.29, 0.717) is 0 Å². The van der Waals surface area contributed by atoms with Gasteiger partial charge in [0, 0.05) is 17.7 Å². The van der Waals surface area contributed by atoms with Gasteiger partial charge in [0.25, 0.3) is 5.69 Å². The van der Waals surface area contributed by atoms with E-state index in [1.807, 2.05) is 18.2 Å². The van der Waals surface area contributed by atoms with Gasteiger partial charge in [-0.2, -0.15) is 0 Å². The molecule has 0 fully saturated rings. The number of fused-ring (bicyclic) bond motifs is 1. The monoisotopic (exact) mass is 328 g/mol. The molecular weight excluding hydrogens is 308 g/mol. The van der Waals surface area contributed by atoms with Gasteiger partial charge >= 0.3 is 0 Å². The van der Waals surface area contributed by atoms with E-state index in [-0.39, 0.29) is 22.9 Å². The molecule has 0 atom stereocenters. The van der Waals surface area contributed by atoms with Gasteiger partial charge in [-0.15, -0.1) is 0 Å². The van der Waals surface area contributed by atoms with Crippen LogP contribution in [0.15, 0.2) is 42.5 Å². The highest BCUT2D eigenvalue weighted by Gasteiger charge is 2.23. The van der Waals surface area contributed by atoms with Gasteiger partial charge in [0.2, 0.25) is 6.79 Å². The van der Waals surface area contributed by atoms with Gasteiger partial charge < -0.3 is 14.8 Å². The van der Waals surface area contributed by atoms with Gasteiger partial charge in [-0.25, -0.2) is 0 Å². The molecule has 0 amide bonds. The number of nitro benzene ring substituents is 1. The van der Waals surface area contributed by atoms with E-state index in [1.54, 1.807) is 12.1 Å². The first-order valence-corrected chi connectivity index (χ1v) is 7.84. The molecule has 0 bridgehead atoms. The first-order valence-electron chi connectivity index (χ1n) is 7.84. The Balaban J connectivity index is 1.59. The average Bonchev–Trinajstić information content (AvgIpc) is 3.02. The maximum atomic E-state index is 10.7. The largest absolute Gasteiger partial charge is 0.454 e. The van der Waals surface area contributed by atoms with Crippen LogP contribution in [-0.2, 0) is 12.0 Å². The van der Waals surface area contributed by atoms with Crippen LogP contribution in [0, 0.1) is 10.1 Å². The van der Waals surface area contributed by atoms with Crippen molar-refractivity contribution >= 4 is 5.69 Å². The SMILES string of the molecule is CC(C)(NCCc1ccc([N+](=O)[O-])cc1)c1ccc2c(c1)OCO2. The Morgan fingerprint density at radius 2 is 1.83 bits per heavy atom. The second-order valence-corrected chi connectivity index (χ2v) is 6.29. The van der Waals surface area contributed by atoms with Crippen molar-refractivity contribution in [2.45, 2.75) is 25.8 Å². The summed E-state index contributed by atoms with van der Waals surface area (Å²) in [4.78, 5) is 10.3. The quantitative estimate of drug-likeness (QED) is 0.650. The molecule has 0 spiro atoms. The summed E-state index contributed by atoms with van der Waals surface area (Å²) in [5.74, 6) is 1.55. The van der Waals surface area contributed by atoms with Crippen molar-refractivity contribution in [3.63, 3.8) is 0 Å². The van der Waals surface area contributed by atoms with Crippen LogP contribution in [-0.4, -0.2) is 18.3 Å². The first kappa shape index (κ1) is 16.3. The van der Waals surface area contributed by atoms with Crippen LogP contribution < -0.4 is 14.8 Å². The van der Waals surface area contributed by atoms with E-state index in [1.165, 1.54) is 12.1 Å². The van der Waals surface area contributed by atoms with E-state index in [4.69, 9.17) is 9.47 Å². The molecule has 0 aliphatic carbocycles. The summed E-state index contributed by atoms with van der Waals surface area (Å²) in [6.07, 6.45) is 0.798. The number of nitrogens with zero attached hydrogens (tertiary/aromatic N) is 1. The molecule has 24 heavy (non-hydrogen) atoms. The summed E-state index contributed by atoms with van der Waals surface area (Å²) in [6, 6.07) is 12.6. The third-order valence-electron chi connectivity index (χ3n) is 4.22. The molecule has 2 aromatic rings. The zero-order valence-corrected chi connectivity index (χ0v) is 13.7. The smallest absolute Gasteiger partial charge is 0.269 e. The molecule has 1 N–H and O–H groups in total. The minimum atomic E-state index is -0.384. The second kappa shape index (κ2) is 6.49. The van der Waals surface area contributed by atoms with Crippen molar-refractivity contribution in [3.8, 4) is 11.5 Å². The molecule has 3 rings (SSSR count). The molecule has 1 aliphatic heterocycles. The average molecular weight is 328 g/mol. The Morgan fingerprint density at radius 3 is 2.54 bits per heavy atom. The van der Waals surface area contributed by atoms with Gasteiger partial charge in [-0.05, 0) is 50.1 Å². The number of rotatable bonds is 6. The van der Waals surface area contributed by atoms with Crippen LogP contribution in [0.2, 0.25) is 0 Å². The zero-order chi connectivity index (χ0) is 17.2. The van der Waals surface area contributed by atoms with Crippen LogP contribution in [0.1, 0.15) is 25.0 Å². The lowest BCUT2D eigenvalue weighted by Crippen LogP contribution is -2.37. The molecular formula is C18H20N2O4. The Labute approximate surface area is 140 Å². The standard InChI is InChI=1S/C18H20N2O4/c1-18(2,14-5-8-16-17(11-14)24-12-23-16)19-10-9-13-3-6-15(7-4-13)20(21)22/h3-8,11,19H,9-10,12H2,1-2H3.